The summed E-state index contributed by atoms with van der Waals surface area (Å²) in [6, 6.07) is 6.75. The molecule has 1 aliphatic heterocycles. The van der Waals surface area contributed by atoms with Crippen molar-refractivity contribution in [3.63, 3.8) is 0 Å². The van der Waals surface area contributed by atoms with E-state index in [1.165, 1.54) is 12.3 Å². The number of hydrogen-bond donors (Lipinski definition) is 0. The van der Waals surface area contributed by atoms with Crippen molar-refractivity contribution in [1.82, 2.24) is 4.90 Å². The number of likely N-dealkylation sites (tertiary alicyclic amines) is 1. The van der Waals surface area contributed by atoms with Gasteiger partial charge >= 0.3 is 0 Å². The van der Waals surface area contributed by atoms with Gasteiger partial charge in [-0.2, -0.15) is 0 Å². The van der Waals surface area contributed by atoms with E-state index in [1.807, 2.05) is 6.07 Å². The average Bonchev–Trinajstić information content (AvgIpc) is 2.67. The third-order valence-corrected chi connectivity index (χ3v) is 4.67. The highest BCUT2D eigenvalue weighted by molar-refractivity contribution is 7.90. The Balaban J connectivity index is 2.16. The first kappa shape index (κ1) is 14.5. The highest BCUT2D eigenvalue weighted by Crippen LogP contribution is 2.36. The predicted octanol–water partition coefficient (Wildman–Crippen LogP) is 2.25. The van der Waals surface area contributed by atoms with Gasteiger partial charge in [-0.25, -0.2) is 12.8 Å². The molecule has 1 aliphatic rings. The summed E-state index contributed by atoms with van der Waals surface area (Å²) in [6.45, 7) is 3.53. The number of nitrogens with zero attached hydrogens (tertiary/aromatic N) is 1. The average molecular weight is 285 g/mol. The number of sulfone groups is 1. The largest absolute Gasteiger partial charge is 0.295 e. The molecule has 106 valence electrons. The third kappa shape index (κ3) is 3.76. The molecule has 19 heavy (non-hydrogen) atoms. The van der Waals surface area contributed by atoms with Gasteiger partial charge in [0.15, 0.2) is 0 Å². The van der Waals surface area contributed by atoms with E-state index in [1.54, 1.807) is 12.1 Å². The molecule has 0 radical (unpaired) electrons. The Bertz CT molecular complexity index is 544. The van der Waals surface area contributed by atoms with Crippen LogP contribution in [0.5, 0.6) is 0 Å². The zero-order valence-electron chi connectivity index (χ0n) is 11.3. The van der Waals surface area contributed by atoms with E-state index < -0.39 is 9.84 Å². The molecule has 2 rings (SSSR count). The minimum Gasteiger partial charge on any atom is -0.295 e. The molecule has 1 aromatic carbocycles. The molecule has 5 heteroatoms. The SMILES string of the molecule is C[C@@H]1CCN(CCS(C)(=O)=O)[C@@H]1c1cccc(F)c1. The maximum absolute atomic E-state index is 13.3. The first-order valence-corrected chi connectivity index (χ1v) is 8.60. The number of halogens is 1. The highest BCUT2D eigenvalue weighted by Gasteiger charge is 2.32. The van der Waals surface area contributed by atoms with E-state index in [0.29, 0.717) is 12.5 Å². The third-order valence-electron chi connectivity index (χ3n) is 3.74. The van der Waals surface area contributed by atoms with Gasteiger partial charge in [0.25, 0.3) is 0 Å². The zero-order chi connectivity index (χ0) is 14.0. The standard InChI is InChI=1S/C14H20FNO2S/c1-11-6-7-16(8-9-19(2,17)18)14(11)12-4-3-5-13(15)10-12/h3-5,10-11,14H,6-9H2,1-2H3/t11-,14+/m1/s1. The summed E-state index contributed by atoms with van der Waals surface area (Å²) >= 11 is 0. The first-order valence-electron chi connectivity index (χ1n) is 6.54. The molecule has 0 aromatic heterocycles. The normalized spacial score (nSPS) is 24.8. The highest BCUT2D eigenvalue weighted by atomic mass is 32.2. The first-order chi connectivity index (χ1) is 8.87. The van der Waals surface area contributed by atoms with Gasteiger partial charge in [-0.1, -0.05) is 19.1 Å². The molecule has 1 heterocycles. The number of benzene rings is 1. The summed E-state index contributed by atoms with van der Waals surface area (Å²) in [6.07, 6.45) is 2.27. The second kappa shape index (κ2) is 5.59. The zero-order valence-corrected chi connectivity index (χ0v) is 12.2. The van der Waals surface area contributed by atoms with Crippen molar-refractivity contribution in [1.29, 1.82) is 0 Å². The van der Waals surface area contributed by atoms with E-state index in [2.05, 4.69) is 11.8 Å². The molecular weight excluding hydrogens is 265 g/mol. The van der Waals surface area contributed by atoms with Gasteiger partial charge in [0, 0.05) is 18.8 Å². The lowest BCUT2D eigenvalue weighted by Gasteiger charge is -2.27. The Labute approximate surface area is 114 Å². The fourth-order valence-electron chi connectivity index (χ4n) is 2.79. The van der Waals surface area contributed by atoms with Crippen molar-refractivity contribution in [3.05, 3.63) is 35.6 Å². The van der Waals surface area contributed by atoms with Crippen molar-refractivity contribution < 1.29 is 12.8 Å². The molecule has 0 bridgehead atoms. The maximum Gasteiger partial charge on any atom is 0.148 e. The van der Waals surface area contributed by atoms with Crippen LogP contribution in [0, 0.1) is 11.7 Å². The minimum absolute atomic E-state index is 0.123. The molecule has 0 aliphatic carbocycles. The maximum atomic E-state index is 13.3. The van der Waals surface area contributed by atoms with Gasteiger partial charge in [-0.05, 0) is 36.6 Å². The quantitative estimate of drug-likeness (QED) is 0.851. The van der Waals surface area contributed by atoms with Crippen LogP contribution in [0.25, 0.3) is 0 Å². The minimum atomic E-state index is -2.96. The predicted molar refractivity (Wildman–Crippen MR) is 74.2 cm³/mol. The van der Waals surface area contributed by atoms with Crippen molar-refractivity contribution in [2.75, 3.05) is 25.1 Å². The Hall–Kier alpha value is -0.940. The van der Waals surface area contributed by atoms with Crippen LogP contribution in [0.4, 0.5) is 4.39 Å². The molecule has 0 saturated carbocycles. The molecule has 2 atom stereocenters. The second-order valence-corrected chi connectivity index (χ2v) is 7.69. The summed E-state index contributed by atoms with van der Waals surface area (Å²) in [7, 11) is -2.96. The Morgan fingerprint density at radius 1 is 1.42 bits per heavy atom. The van der Waals surface area contributed by atoms with Crippen molar-refractivity contribution >= 4 is 9.84 Å². The fraction of sp³-hybridized carbons (Fsp3) is 0.571. The molecule has 0 unspecified atom stereocenters. The van der Waals surface area contributed by atoms with Gasteiger partial charge in [-0.15, -0.1) is 0 Å². The van der Waals surface area contributed by atoms with Crippen LogP contribution in [-0.4, -0.2) is 38.4 Å². The van der Waals surface area contributed by atoms with Gasteiger partial charge in [0.05, 0.1) is 5.75 Å². The van der Waals surface area contributed by atoms with E-state index in [0.717, 1.165) is 18.5 Å². The Morgan fingerprint density at radius 3 is 2.79 bits per heavy atom. The lowest BCUT2D eigenvalue weighted by molar-refractivity contribution is 0.246. The van der Waals surface area contributed by atoms with Crippen LogP contribution in [0.15, 0.2) is 24.3 Å². The molecule has 1 fully saturated rings. The second-order valence-electron chi connectivity index (χ2n) is 5.43. The molecule has 0 spiro atoms. The van der Waals surface area contributed by atoms with Crippen LogP contribution in [0.3, 0.4) is 0 Å². The van der Waals surface area contributed by atoms with Crippen molar-refractivity contribution in [2.45, 2.75) is 19.4 Å². The lowest BCUT2D eigenvalue weighted by Crippen LogP contribution is -2.30. The Kier molecular flexibility index (Phi) is 4.26. The summed E-state index contributed by atoms with van der Waals surface area (Å²) in [5.74, 6) is 0.340. The molecule has 3 nitrogen and oxygen atoms in total. The number of rotatable bonds is 4. The summed E-state index contributed by atoms with van der Waals surface area (Å²) in [5.41, 5.74) is 0.943. The summed E-state index contributed by atoms with van der Waals surface area (Å²) < 4.78 is 35.9. The lowest BCUT2D eigenvalue weighted by atomic mass is 9.95. The molecule has 1 aromatic rings. The fourth-order valence-corrected chi connectivity index (χ4v) is 3.36. The van der Waals surface area contributed by atoms with Gasteiger partial charge in [0.1, 0.15) is 15.7 Å². The molecular formula is C14H20FNO2S. The summed E-state index contributed by atoms with van der Waals surface area (Å²) in [4.78, 5) is 2.15. The van der Waals surface area contributed by atoms with E-state index in [-0.39, 0.29) is 17.6 Å². The summed E-state index contributed by atoms with van der Waals surface area (Å²) in [5, 5.41) is 0. The monoisotopic (exact) mass is 285 g/mol. The van der Waals surface area contributed by atoms with Gasteiger partial charge in [-0.3, -0.25) is 4.90 Å². The van der Waals surface area contributed by atoms with Gasteiger partial charge < -0.3 is 0 Å². The van der Waals surface area contributed by atoms with E-state index in [4.69, 9.17) is 0 Å². The topological polar surface area (TPSA) is 37.4 Å². The van der Waals surface area contributed by atoms with Crippen LogP contribution < -0.4 is 0 Å². The molecule has 0 N–H and O–H groups in total. The Morgan fingerprint density at radius 2 is 2.16 bits per heavy atom. The molecule has 0 amide bonds. The molecule has 1 saturated heterocycles. The van der Waals surface area contributed by atoms with E-state index in [9.17, 15) is 12.8 Å². The van der Waals surface area contributed by atoms with Crippen molar-refractivity contribution in [2.24, 2.45) is 5.92 Å². The van der Waals surface area contributed by atoms with Gasteiger partial charge in [0.2, 0.25) is 0 Å². The van der Waals surface area contributed by atoms with E-state index >= 15 is 0 Å². The smallest absolute Gasteiger partial charge is 0.148 e. The number of hydrogen-bond acceptors (Lipinski definition) is 3. The van der Waals surface area contributed by atoms with Crippen molar-refractivity contribution in [3.8, 4) is 0 Å². The van der Waals surface area contributed by atoms with Crippen LogP contribution in [0.1, 0.15) is 24.9 Å². The van der Waals surface area contributed by atoms with Crippen LogP contribution in [-0.2, 0) is 9.84 Å². The van der Waals surface area contributed by atoms with Crippen LogP contribution in [0.2, 0.25) is 0 Å². The van der Waals surface area contributed by atoms with Crippen LogP contribution >= 0.6 is 0 Å².